The summed E-state index contributed by atoms with van der Waals surface area (Å²) < 4.78 is 0. The van der Waals surface area contributed by atoms with Gasteiger partial charge in [0.25, 0.3) is 0 Å². The maximum Gasteiger partial charge on any atom is 0.128 e. The molecule has 1 aromatic rings. The molecule has 0 aromatic carbocycles. The first kappa shape index (κ1) is 16.3. The van der Waals surface area contributed by atoms with Gasteiger partial charge in [0.1, 0.15) is 5.82 Å². The highest BCUT2D eigenvalue weighted by Gasteiger charge is 2.20. The number of rotatable bonds is 10. The molecule has 0 bridgehead atoms. The highest BCUT2D eigenvalue weighted by atomic mass is 15.2. The number of pyridine rings is 1. The first-order valence-corrected chi connectivity index (χ1v) is 8.67. The lowest BCUT2D eigenvalue weighted by Crippen LogP contribution is -2.21. The van der Waals surface area contributed by atoms with Crippen molar-refractivity contribution >= 4 is 5.82 Å². The SMILES string of the molecule is CCCCCN(C)c1cc(CNC2CC2)cc(CCC)n1. The molecule has 0 aliphatic heterocycles. The second-order valence-corrected chi connectivity index (χ2v) is 6.36. The van der Waals surface area contributed by atoms with E-state index >= 15 is 0 Å². The van der Waals surface area contributed by atoms with Crippen molar-refractivity contribution in [3.63, 3.8) is 0 Å². The highest BCUT2D eigenvalue weighted by molar-refractivity contribution is 5.42. The van der Waals surface area contributed by atoms with Crippen LogP contribution in [0.1, 0.15) is 63.6 Å². The summed E-state index contributed by atoms with van der Waals surface area (Å²) in [5.74, 6) is 1.14. The molecule has 1 aliphatic carbocycles. The van der Waals surface area contributed by atoms with Gasteiger partial charge in [-0.2, -0.15) is 0 Å². The van der Waals surface area contributed by atoms with Crippen LogP contribution in [0.5, 0.6) is 0 Å². The molecule has 3 heteroatoms. The maximum absolute atomic E-state index is 4.84. The number of aromatic nitrogens is 1. The summed E-state index contributed by atoms with van der Waals surface area (Å²) in [4.78, 5) is 7.16. The van der Waals surface area contributed by atoms with Crippen molar-refractivity contribution < 1.29 is 0 Å². The third-order valence-corrected chi connectivity index (χ3v) is 4.09. The molecule has 1 fully saturated rings. The van der Waals surface area contributed by atoms with Gasteiger partial charge in [0.05, 0.1) is 0 Å². The van der Waals surface area contributed by atoms with Crippen LogP contribution in [0.3, 0.4) is 0 Å². The van der Waals surface area contributed by atoms with Crippen LogP contribution in [-0.4, -0.2) is 24.6 Å². The predicted octanol–water partition coefficient (Wildman–Crippen LogP) is 3.91. The number of aryl methyl sites for hydroxylation is 1. The topological polar surface area (TPSA) is 28.2 Å². The second-order valence-electron chi connectivity index (χ2n) is 6.36. The fourth-order valence-corrected chi connectivity index (χ4v) is 2.58. The van der Waals surface area contributed by atoms with Crippen LogP contribution in [0.2, 0.25) is 0 Å². The van der Waals surface area contributed by atoms with Gasteiger partial charge in [-0.3, -0.25) is 0 Å². The van der Waals surface area contributed by atoms with E-state index in [1.54, 1.807) is 0 Å². The van der Waals surface area contributed by atoms with Crippen LogP contribution in [0.15, 0.2) is 12.1 Å². The fraction of sp³-hybridized carbons (Fsp3) is 0.722. The van der Waals surface area contributed by atoms with Crippen LogP contribution < -0.4 is 10.2 Å². The molecule has 1 aromatic heterocycles. The maximum atomic E-state index is 4.84. The van der Waals surface area contributed by atoms with Crippen molar-refractivity contribution in [2.24, 2.45) is 0 Å². The quantitative estimate of drug-likeness (QED) is 0.662. The molecule has 118 valence electrons. The van der Waals surface area contributed by atoms with Crippen LogP contribution in [0.25, 0.3) is 0 Å². The number of hydrogen-bond acceptors (Lipinski definition) is 3. The average Bonchev–Trinajstić information content (AvgIpc) is 3.30. The van der Waals surface area contributed by atoms with Crippen molar-refractivity contribution in [1.29, 1.82) is 0 Å². The number of nitrogens with zero attached hydrogens (tertiary/aromatic N) is 2. The van der Waals surface area contributed by atoms with Gasteiger partial charge in [-0.25, -0.2) is 4.98 Å². The Bertz CT molecular complexity index is 426. The van der Waals surface area contributed by atoms with E-state index in [9.17, 15) is 0 Å². The van der Waals surface area contributed by atoms with Gasteiger partial charge in [0.2, 0.25) is 0 Å². The molecule has 1 aliphatic rings. The molecule has 0 radical (unpaired) electrons. The minimum Gasteiger partial charge on any atom is -0.360 e. The Labute approximate surface area is 130 Å². The van der Waals surface area contributed by atoms with Gasteiger partial charge in [0.15, 0.2) is 0 Å². The van der Waals surface area contributed by atoms with Crippen molar-refractivity contribution in [2.75, 3.05) is 18.5 Å². The van der Waals surface area contributed by atoms with E-state index in [0.29, 0.717) is 0 Å². The van der Waals surface area contributed by atoms with Crippen LogP contribution in [0.4, 0.5) is 5.82 Å². The Morgan fingerprint density at radius 1 is 1.19 bits per heavy atom. The Kier molecular flexibility index (Phi) is 6.50. The lowest BCUT2D eigenvalue weighted by molar-refractivity contribution is 0.681. The molecule has 1 saturated carbocycles. The summed E-state index contributed by atoms with van der Waals surface area (Å²) in [5.41, 5.74) is 2.63. The van der Waals surface area contributed by atoms with Gasteiger partial charge in [-0.05, 0) is 43.4 Å². The lowest BCUT2D eigenvalue weighted by Gasteiger charge is -2.20. The minimum atomic E-state index is 0.763. The first-order chi connectivity index (χ1) is 10.2. The molecule has 1 N–H and O–H groups in total. The minimum absolute atomic E-state index is 0.763. The molecule has 0 spiro atoms. The zero-order valence-electron chi connectivity index (χ0n) is 14.0. The summed E-state index contributed by atoms with van der Waals surface area (Å²) in [6.45, 7) is 6.56. The molecule has 21 heavy (non-hydrogen) atoms. The fourth-order valence-electron chi connectivity index (χ4n) is 2.58. The molecular weight excluding hydrogens is 258 g/mol. The summed E-state index contributed by atoms with van der Waals surface area (Å²) in [6.07, 6.45) is 8.75. The van der Waals surface area contributed by atoms with E-state index in [1.807, 2.05) is 0 Å². The number of hydrogen-bond donors (Lipinski definition) is 1. The zero-order valence-corrected chi connectivity index (χ0v) is 14.0. The Hall–Kier alpha value is -1.09. The standard InChI is InChI=1S/C18H31N3/c1-4-6-7-11-21(3)18-13-15(14-19-16-9-10-16)12-17(20-18)8-5-2/h12-13,16,19H,4-11,14H2,1-3H3. The van der Waals surface area contributed by atoms with Crippen molar-refractivity contribution in [3.8, 4) is 0 Å². The first-order valence-electron chi connectivity index (χ1n) is 8.67. The molecule has 1 heterocycles. The van der Waals surface area contributed by atoms with E-state index in [2.05, 4.69) is 43.2 Å². The molecule has 0 unspecified atom stereocenters. The van der Waals surface area contributed by atoms with Gasteiger partial charge < -0.3 is 10.2 Å². The second kappa shape index (κ2) is 8.38. The van der Waals surface area contributed by atoms with E-state index in [-0.39, 0.29) is 0 Å². The van der Waals surface area contributed by atoms with E-state index in [1.165, 1.54) is 43.4 Å². The highest BCUT2D eigenvalue weighted by Crippen LogP contribution is 2.21. The van der Waals surface area contributed by atoms with Crippen molar-refractivity contribution in [2.45, 2.75) is 71.4 Å². The van der Waals surface area contributed by atoms with E-state index in [0.717, 1.165) is 37.8 Å². The van der Waals surface area contributed by atoms with Gasteiger partial charge in [-0.1, -0.05) is 33.1 Å². The largest absolute Gasteiger partial charge is 0.360 e. The van der Waals surface area contributed by atoms with Gasteiger partial charge in [0, 0.05) is 31.9 Å². The number of nitrogens with one attached hydrogen (secondary N) is 1. The third kappa shape index (κ3) is 5.66. The molecule has 0 atom stereocenters. The smallest absolute Gasteiger partial charge is 0.128 e. The zero-order chi connectivity index (χ0) is 15.1. The average molecular weight is 289 g/mol. The molecule has 0 saturated heterocycles. The van der Waals surface area contributed by atoms with Gasteiger partial charge >= 0.3 is 0 Å². The van der Waals surface area contributed by atoms with E-state index in [4.69, 9.17) is 4.98 Å². The third-order valence-electron chi connectivity index (χ3n) is 4.09. The van der Waals surface area contributed by atoms with Crippen LogP contribution in [0, 0.1) is 0 Å². The molecule has 3 nitrogen and oxygen atoms in total. The van der Waals surface area contributed by atoms with Crippen LogP contribution >= 0.6 is 0 Å². The van der Waals surface area contributed by atoms with Crippen LogP contribution in [-0.2, 0) is 13.0 Å². The predicted molar refractivity (Wildman–Crippen MR) is 90.9 cm³/mol. The van der Waals surface area contributed by atoms with Crippen molar-refractivity contribution in [1.82, 2.24) is 10.3 Å². The number of unbranched alkanes of at least 4 members (excludes halogenated alkanes) is 2. The normalized spacial score (nSPS) is 14.4. The monoisotopic (exact) mass is 289 g/mol. The summed E-state index contributed by atoms with van der Waals surface area (Å²) in [6, 6.07) is 5.31. The van der Waals surface area contributed by atoms with E-state index < -0.39 is 0 Å². The summed E-state index contributed by atoms with van der Waals surface area (Å²) >= 11 is 0. The number of anilines is 1. The van der Waals surface area contributed by atoms with Gasteiger partial charge in [-0.15, -0.1) is 0 Å². The Balaban J connectivity index is 2.01. The van der Waals surface area contributed by atoms with Crippen molar-refractivity contribution in [3.05, 3.63) is 23.4 Å². The Morgan fingerprint density at radius 3 is 2.67 bits per heavy atom. The lowest BCUT2D eigenvalue weighted by atomic mass is 10.1. The summed E-state index contributed by atoms with van der Waals surface area (Å²) in [5, 5.41) is 3.61. The Morgan fingerprint density at radius 2 is 2.00 bits per heavy atom. The molecule has 2 rings (SSSR count). The summed E-state index contributed by atoms with van der Waals surface area (Å²) in [7, 11) is 2.17. The molecule has 0 amide bonds. The molecular formula is C18H31N3.